The van der Waals surface area contributed by atoms with Gasteiger partial charge in [0.15, 0.2) is 0 Å². The van der Waals surface area contributed by atoms with E-state index in [4.69, 9.17) is 9.88 Å². The number of nitrogens with two attached hydrogens (primary N) is 1. The highest BCUT2D eigenvalue weighted by Gasteiger charge is 2.19. The average Bonchev–Trinajstić information content (AvgIpc) is 2.62. The van der Waals surface area contributed by atoms with Crippen LogP contribution in [0.5, 0.6) is 0 Å². The average molecular weight is 488 g/mol. The van der Waals surface area contributed by atoms with E-state index < -0.39 is 16.1 Å². The highest BCUT2D eigenvalue weighted by molar-refractivity contribution is 9.10. The van der Waals surface area contributed by atoms with Crippen LogP contribution in [-0.4, -0.2) is 49.4 Å². The normalized spacial score (nSPS) is 13.8. The number of hydrogen-bond acceptors (Lipinski definition) is 8. The third-order valence-corrected chi connectivity index (χ3v) is 6.00. The van der Waals surface area contributed by atoms with Crippen molar-refractivity contribution in [3.05, 3.63) is 33.9 Å². The topological polar surface area (TPSA) is 139 Å². The van der Waals surface area contributed by atoms with E-state index in [1.165, 1.54) is 0 Å². The van der Waals surface area contributed by atoms with Crippen molar-refractivity contribution in [2.45, 2.75) is 44.2 Å². The molecule has 0 amide bonds. The number of methoxy groups -OCH3 is 1. The molecule has 1 aromatic carbocycles. The zero-order chi connectivity index (χ0) is 21.8. The van der Waals surface area contributed by atoms with Crippen molar-refractivity contribution in [1.82, 2.24) is 9.97 Å². The molecule has 0 aliphatic carbocycles. The maximum absolute atomic E-state index is 11.9. The van der Waals surface area contributed by atoms with E-state index in [2.05, 4.69) is 36.5 Å². The Morgan fingerprint density at radius 3 is 2.62 bits per heavy atom. The first-order valence-corrected chi connectivity index (χ1v) is 11.3. The predicted molar refractivity (Wildman–Crippen MR) is 116 cm³/mol. The molecular weight excluding hydrogens is 462 g/mol. The minimum Gasteiger partial charge on any atom is -0.391 e. The van der Waals surface area contributed by atoms with Crippen LogP contribution in [0.4, 0.5) is 17.5 Å². The molecule has 5 N–H and O–H groups in total. The van der Waals surface area contributed by atoms with Gasteiger partial charge in [-0.25, -0.2) is 18.5 Å². The second-order valence-electron chi connectivity index (χ2n) is 6.64. The number of nitrogens with zero attached hydrogens (tertiary/aromatic N) is 2. The lowest BCUT2D eigenvalue weighted by atomic mass is 10.1. The number of hydrogen-bond donors (Lipinski definition) is 4. The summed E-state index contributed by atoms with van der Waals surface area (Å²) in [4.78, 5) is 8.82. The summed E-state index contributed by atoms with van der Waals surface area (Å²) in [5, 5.41) is 21.5. The van der Waals surface area contributed by atoms with Gasteiger partial charge in [-0.3, -0.25) is 0 Å². The number of aromatic nitrogens is 2. The number of primary sulfonamides is 1. The lowest BCUT2D eigenvalue weighted by Crippen LogP contribution is -2.36. The summed E-state index contributed by atoms with van der Waals surface area (Å²) in [7, 11) is -2.26. The van der Waals surface area contributed by atoms with Crippen molar-refractivity contribution in [2.75, 3.05) is 24.4 Å². The Hall–Kier alpha value is -1.79. The third-order valence-electron chi connectivity index (χ3n) is 4.27. The number of rotatable bonds is 9. The molecule has 160 valence electrons. The van der Waals surface area contributed by atoms with Crippen LogP contribution in [0.3, 0.4) is 0 Å². The fraction of sp³-hybridized carbons (Fsp3) is 0.444. The van der Waals surface area contributed by atoms with E-state index in [0.717, 1.165) is 0 Å². The molecule has 11 heteroatoms. The molecule has 0 aliphatic heterocycles. The van der Waals surface area contributed by atoms with Gasteiger partial charge in [-0.05, 0) is 59.5 Å². The molecule has 1 heterocycles. The first kappa shape index (κ1) is 23.5. The van der Waals surface area contributed by atoms with E-state index >= 15 is 0 Å². The zero-order valence-corrected chi connectivity index (χ0v) is 19.1. The van der Waals surface area contributed by atoms with Gasteiger partial charge in [-0.15, -0.1) is 0 Å². The predicted octanol–water partition coefficient (Wildman–Crippen LogP) is 2.31. The fourth-order valence-electron chi connectivity index (χ4n) is 2.90. The number of sulfonamides is 1. The van der Waals surface area contributed by atoms with E-state index in [9.17, 15) is 13.5 Å². The van der Waals surface area contributed by atoms with Crippen molar-refractivity contribution in [3.8, 4) is 0 Å². The van der Waals surface area contributed by atoms with Crippen LogP contribution in [0, 0.1) is 6.92 Å². The zero-order valence-electron chi connectivity index (χ0n) is 16.7. The van der Waals surface area contributed by atoms with Crippen LogP contribution >= 0.6 is 15.9 Å². The summed E-state index contributed by atoms with van der Waals surface area (Å²) >= 11 is 3.39. The van der Waals surface area contributed by atoms with Gasteiger partial charge in [-0.1, -0.05) is 6.92 Å². The van der Waals surface area contributed by atoms with Crippen molar-refractivity contribution < 1.29 is 18.3 Å². The fourth-order valence-corrected chi connectivity index (χ4v) is 4.29. The molecule has 9 nitrogen and oxygen atoms in total. The monoisotopic (exact) mass is 487 g/mol. The van der Waals surface area contributed by atoms with Crippen LogP contribution in [0.2, 0.25) is 0 Å². The summed E-state index contributed by atoms with van der Waals surface area (Å²) < 4.78 is 29.5. The van der Waals surface area contributed by atoms with Crippen LogP contribution < -0.4 is 15.8 Å². The first-order chi connectivity index (χ1) is 13.6. The quantitative estimate of drug-likeness (QED) is 0.422. The van der Waals surface area contributed by atoms with Gasteiger partial charge in [0.2, 0.25) is 16.0 Å². The molecule has 29 heavy (non-hydrogen) atoms. The summed E-state index contributed by atoms with van der Waals surface area (Å²) in [5.74, 6) is 0.793. The van der Waals surface area contributed by atoms with Crippen molar-refractivity contribution in [2.24, 2.45) is 5.14 Å². The molecule has 0 unspecified atom stereocenters. The number of aryl methyl sites for hydroxylation is 2. The molecule has 2 rings (SSSR count). The Bertz CT molecular complexity index is 969. The molecule has 0 aliphatic rings. The van der Waals surface area contributed by atoms with Crippen molar-refractivity contribution in [3.63, 3.8) is 0 Å². The van der Waals surface area contributed by atoms with Crippen LogP contribution in [0.15, 0.2) is 27.7 Å². The minimum atomic E-state index is -3.82. The lowest BCUT2D eigenvalue weighted by Gasteiger charge is -2.22. The Morgan fingerprint density at radius 1 is 1.38 bits per heavy atom. The molecule has 2 aromatic rings. The van der Waals surface area contributed by atoms with Gasteiger partial charge in [0.1, 0.15) is 5.82 Å². The van der Waals surface area contributed by atoms with E-state index in [1.54, 1.807) is 39.3 Å². The molecule has 0 radical (unpaired) electrons. The second-order valence-corrected chi connectivity index (χ2v) is 8.99. The van der Waals surface area contributed by atoms with Crippen LogP contribution in [0.1, 0.15) is 25.0 Å². The second kappa shape index (κ2) is 9.81. The maximum Gasteiger partial charge on any atom is 0.238 e. The van der Waals surface area contributed by atoms with Gasteiger partial charge in [0, 0.05) is 19.0 Å². The number of ether oxygens (including phenoxy) is 1. The highest BCUT2D eigenvalue weighted by Crippen LogP contribution is 2.27. The summed E-state index contributed by atoms with van der Waals surface area (Å²) in [6, 6.07) is 3.04. The number of benzene rings is 1. The maximum atomic E-state index is 11.9. The molecule has 0 spiro atoms. The number of anilines is 3. The van der Waals surface area contributed by atoms with Crippen LogP contribution in [0.25, 0.3) is 0 Å². The molecule has 0 saturated carbocycles. The summed E-state index contributed by atoms with van der Waals surface area (Å²) in [6.45, 7) is 5.51. The van der Waals surface area contributed by atoms with Crippen molar-refractivity contribution in [1.29, 1.82) is 0 Å². The highest BCUT2D eigenvalue weighted by atomic mass is 79.9. The standard InChI is InChI=1S/C18H26BrN5O4S/c1-5-12-7-13(6-10(2)16(12)29(20,26)27)22-18-21-8-14(19)17(24-18)23-15(9-28-4)11(3)25/h6-8,11,15,25H,5,9H2,1-4H3,(H2,20,26,27)(H2,21,22,23,24)/t11-,15-/m1/s1. The molecule has 1 aromatic heterocycles. The number of halogens is 1. The van der Waals surface area contributed by atoms with E-state index in [1.807, 2.05) is 6.92 Å². The molecule has 0 bridgehead atoms. The van der Waals surface area contributed by atoms with Gasteiger partial charge in [0.05, 0.1) is 28.1 Å². The number of aliphatic hydroxyl groups excluding tert-OH is 1. The largest absolute Gasteiger partial charge is 0.391 e. The minimum absolute atomic E-state index is 0.143. The molecule has 2 atom stereocenters. The smallest absolute Gasteiger partial charge is 0.238 e. The molecule has 0 fully saturated rings. The first-order valence-electron chi connectivity index (χ1n) is 8.96. The Morgan fingerprint density at radius 2 is 2.07 bits per heavy atom. The van der Waals surface area contributed by atoms with Crippen molar-refractivity contribution >= 4 is 43.4 Å². The summed E-state index contributed by atoms with van der Waals surface area (Å²) in [5.41, 5.74) is 1.79. The number of aliphatic hydroxyl groups is 1. The molecule has 0 saturated heterocycles. The van der Waals surface area contributed by atoms with E-state index in [-0.39, 0.29) is 10.9 Å². The third kappa shape index (κ3) is 6.09. The van der Waals surface area contributed by atoms with Gasteiger partial charge in [0.25, 0.3) is 0 Å². The Kier molecular flexibility index (Phi) is 7.94. The van der Waals surface area contributed by atoms with E-state index in [0.29, 0.717) is 46.1 Å². The summed E-state index contributed by atoms with van der Waals surface area (Å²) in [6.07, 6.45) is 1.42. The lowest BCUT2D eigenvalue weighted by molar-refractivity contribution is 0.106. The van der Waals surface area contributed by atoms with Crippen LogP contribution in [-0.2, 0) is 21.2 Å². The van der Waals surface area contributed by atoms with Gasteiger partial charge >= 0.3 is 0 Å². The Labute approximate surface area is 179 Å². The number of nitrogens with one attached hydrogen (secondary N) is 2. The van der Waals surface area contributed by atoms with Gasteiger partial charge < -0.3 is 20.5 Å². The van der Waals surface area contributed by atoms with Gasteiger partial charge in [-0.2, -0.15) is 4.98 Å². The molecular formula is C18H26BrN5O4S. The Balaban J connectivity index is 2.34. The SMILES string of the molecule is CCc1cc(Nc2ncc(Br)c(N[C@H](COC)[C@@H](C)O)n2)cc(C)c1S(N)(=O)=O.